The molecule has 0 saturated carbocycles. The van der Waals surface area contributed by atoms with E-state index in [1.54, 1.807) is 49.3 Å². The van der Waals surface area contributed by atoms with Gasteiger partial charge in [-0.1, -0.05) is 35.3 Å². The Morgan fingerprint density at radius 3 is 2.43 bits per heavy atom. The van der Waals surface area contributed by atoms with E-state index in [-0.39, 0.29) is 24.2 Å². The molecule has 3 aromatic rings. The summed E-state index contributed by atoms with van der Waals surface area (Å²) in [5, 5.41) is 6.73. The molecule has 1 atom stereocenters. The highest BCUT2D eigenvalue weighted by Crippen LogP contribution is 2.37. The van der Waals surface area contributed by atoms with Gasteiger partial charge in [0, 0.05) is 39.2 Å². The van der Waals surface area contributed by atoms with Gasteiger partial charge in [-0.3, -0.25) is 14.4 Å². The summed E-state index contributed by atoms with van der Waals surface area (Å²) < 4.78 is 11.0. The Balaban J connectivity index is 1.35. The molecule has 0 spiro atoms. The van der Waals surface area contributed by atoms with E-state index in [1.807, 2.05) is 17.5 Å². The molecule has 3 amide bonds. The second-order valence-electron chi connectivity index (χ2n) is 10.0. The summed E-state index contributed by atoms with van der Waals surface area (Å²) in [6.45, 7) is 0.819. The van der Waals surface area contributed by atoms with E-state index in [2.05, 4.69) is 5.32 Å². The van der Waals surface area contributed by atoms with Crippen LogP contribution in [0.25, 0.3) is 16.2 Å². The zero-order valence-corrected chi connectivity index (χ0v) is 25.7. The number of piperidine rings is 1. The highest BCUT2D eigenvalue weighted by Gasteiger charge is 2.29. The average molecular weight is 633 g/mol. The first-order valence-electron chi connectivity index (χ1n) is 13.3. The summed E-state index contributed by atoms with van der Waals surface area (Å²) in [5.41, 5.74) is 1.33. The number of carbonyl (C=O) groups excluding carboxylic acids is 4. The predicted molar refractivity (Wildman–Crippen MR) is 164 cm³/mol. The summed E-state index contributed by atoms with van der Waals surface area (Å²) in [4.78, 5) is 53.0. The van der Waals surface area contributed by atoms with Crippen LogP contribution in [-0.4, -0.2) is 68.0 Å². The van der Waals surface area contributed by atoms with Crippen molar-refractivity contribution in [1.29, 1.82) is 0 Å². The van der Waals surface area contributed by atoms with E-state index in [4.69, 9.17) is 32.7 Å². The van der Waals surface area contributed by atoms with Crippen molar-refractivity contribution in [3.8, 4) is 5.75 Å². The monoisotopic (exact) mass is 631 g/mol. The van der Waals surface area contributed by atoms with E-state index in [0.717, 1.165) is 10.1 Å². The van der Waals surface area contributed by atoms with Gasteiger partial charge in [-0.05, 0) is 65.1 Å². The van der Waals surface area contributed by atoms with Gasteiger partial charge in [0.25, 0.3) is 0 Å². The molecule has 4 rings (SSSR count). The number of halogens is 2. The molecule has 1 aromatic heterocycles. The lowest BCUT2D eigenvalue weighted by Crippen LogP contribution is -2.43. The fraction of sp³-hybridized carbons (Fsp3) is 0.333. The van der Waals surface area contributed by atoms with Gasteiger partial charge in [0.2, 0.25) is 11.8 Å². The third kappa shape index (κ3) is 7.61. The third-order valence-electron chi connectivity index (χ3n) is 7.00. The fourth-order valence-corrected chi connectivity index (χ4v) is 6.01. The first kappa shape index (κ1) is 31.3. The predicted octanol–water partition coefficient (Wildman–Crippen LogP) is 5.94. The van der Waals surface area contributed by atoms with Gasteiger partial charge in [0.1, 0.15) is 5.75 Å². The molecule has 0 aliphatic carbocycles. The zero-order chi connectivity index (χ0) is 30.4. The summed E-state index contributed by atoms with van der Waals surface area (Å²) in [5.74, 6) is -0.850. The molecule has 1 aliphatic heterocycles. The maximum atomic E-state index is 13.2. The van der Waals surface area contributed by atoms with Crippen molar-refractivity contribution in [2.75, 3.05) is 34.3 Å². The minimum absolute atomic E-state index is 0.0645. The number of thiophene rings is 1. The number of benzene rings is 2. The minimum atomic E-state index is -0.636. The van der Waals surface area contributed by atoms with Crippen LogP contribution in [0.5, 0.6) is 5.75 Å². The van der Waals surface area contributed by atoms with E-state index in [0.29, 0.717) is 52.9 Å². The molecule has 1 saturated heterocycles. The van der Waals surface area contributed by atoms with E-state index in [1.165, 1.54) is 29.4 Å². The number of fused-ring (bicyclic) bond motifs is 1. The van der Waals surface area contributed by atoms with Crippen LogP contribution in [-0.2, 0) is 19.1 Å². The second-order valence-corrected chi connectivity index (χ2v) is 11.7. The normalized spacial score (nSPS) is 14.5. The van der Waals surface area contributed by atoms with Crippen LogP contribution in [0.1, 0.15) is 36.4 Å². The Labute approximate surface area is 258 Å². The van der Waals surface area contributed by atoms with E-state index < -0.39 is 18.1 Å². The van der Waals surface area contributed by atoms with Crippen molar-refractivity contribution in [3.05, 3.63) is 69.0 Å². The minimum Gasteiger partial charge on any atom is -0.469 e. The number of amides is 3. The highest BCUT2D eigenvalue weighted by atomic mass is 35.5. The molecule has 9 nitrogen and oxygen atoms in total. The molecule has 1 unspecified atom stereocenters. The Bertz CT molecular complexity index is 1500. The van der Waals surface area contributed by atoms with Crippen LogP contribution in [0.4, 0.5) is 4.79 Å². The standard InChI is InChI=1S/C30H31Cl2N3O6S/c1-34(2)30(39)41-22-7-4-18(5-8-22)23(17-25(37)40-3)33-29(38)19-10-13-35(14-11-19)24(36)9-6-20-16-21-12-15-42-28(21)27(32)26(20)31/h4-9,12,15-16,19,23H,10-11,13-14,17H2,1-3H3,(H,33,38). The summed E-state index contributed by atoms with van der Waals surface area (Å²) >= 11 is 14.3. The molecule has 222 valence electrons. The number of nitrogens with zero attached hydrogens (tertiary/aromatic N) is 2. The van der Waals surface area contributed by atoms with Crippen molar-refractivity contribution < 1.29 is 28.7 Å². The quantitative estimate of drug-likeness (QED) is 0.244. The molecule has 1 aliphatic rings. The zero-order valence-electron chi connectivity index (χ0n) is 23.4. The number of carbonyl (C=O) groups is 4. The molecule has 2 aromatic carbocycles. The number of nitrogens with one attached hydrogen (secondary N) is 1. The molecule has 0 radical (unpaired) electrons. The maximum Gasteiger partial charge on any atom is 0.414 e. The summed E-state index contributed by atoms with van der Waals surface area (Å²) in [6, 6.07) is 9.79. The average Bonchev–Trinajstić information content (AvgIpc) is 3.47. The van der Waals surface area contributed by atoms with Crippen LogP contribution in [0.3, 0.4) is 0 Å². The Hall–Kier alpha value is -3.60. The molecule has 1 N–H and O–H groups in total. The highest BCUT2D eigenvalue weighted by molar-refractivity contribution is 7.18. The number of likely N-dealkylation sites (tertiary alicyclic amines) is 1. The SMILES string of the molecule is COC(=O)CC(NC(=O)C1CCN(C(=O)C=Cc2cc3ccsc3c(Cl)c2Cl)CC1)c1ccc(OC(=O)N(C)C)cc1. The first-order chi connectivity index (χ1) is 20.1. The maximum absolute atomic E-state index is 13.2. The van der Waals surface area contributed by atoms with Gasteiger partial charge >= 0.3 is 12.1 Å². The number of hydrogen-bond acceptors (Lipinski definition) is 7. The van der Waals surface area contributed by atoms with Gasteiger partial charge in [-0.2, -0.15) is 0 Å². The van der Waals surface area contributed by atoms with E-state index >= 15 is 0 Å². The van der Waals surface area contributed by atoms with Crippen molar-refractivity contribution in [2.24, 2.45) is 5.92 Å². The molecule has 0 bridgehead atoms. The number of methoxy groups -OCH3 is 1. The molecular formula is C30H31Cl2N3O6S. The molecule has 1 fully saturated rings. The van der Waals surface area contributed by atoms with Gasteiger partial charge in [0.15, 0.2) is 0 Å². The smallest absolute Gasteiger partial charge is 0.414 e. The van der Waals surface area contributed by atoms with Gasteiger partial charge in [0.05, 0.1) is 34.3 Å². The lowest BCUT2D eigenvalue weighted by molar-refractivity contribution is -0.141. The Morgan fingerprint density at radius 2 is 1.79 bits per heavy atom. The van der Waals surface area contributed by atoms with Gasteiger partial charge < -0.3 is 24.6 Å². The van der Waals surface area contributed by atoms with Crippen LogP contribution in [0.15, 0.2) is 47.9 Å². The number of hydrogen-bond donors (Lipinski definition) is 1. The van der Waals surface area contributed by atoms with Crippen molar-refractivity contribution in [2.45, 2.75) is 25.3 Å². The number of rotatable bonds is 8. The Kier molecular flexibility index (Phi) is 10.5. The molecule has 2 heterocycles. The van der Waals surface area contributed by atoms with Crippen molar-refractivity contribution in [1.82, 2.24) is 15.1 Å². The lowest BCUT2D eigenvalue weighted by atomic mass is 9.94. The fourth-order valence-electron chi connectivity index (χ4n) is 4.57. The first-order valence-corrected chi connectivity index (χ1v) is 14.9. The molecular weight excluding hydrogens is 601 g/mol. The summed E-state index contributed by atoms with van der Waals surface area (Å²) in [7, 11) is 4.44. The lowest BCUT2D eigenvalue weighted by Gasteiger charge is -2.31. The van der Waals surface area contributed by atoms with Crippen molar-refractivity contribution >= 4 is 74.6 Å². The molecule has 42 heavy (non-hydrogen) atoms. The van der Waals surface area contributed by atoms with Gasteiger partial charge in [-0.25, -0.2) is 4.79 Å². The van der Waals surface area contributed by atoms with E-state index in [9.17, 15) is 19.2 Å². The summed E-state index contributed by atoms with van der Waals surface area (Å²) in [6.07, 6.45) is 3.51. The van der Waals surface area contributed by atoms with Gasteiger partial charge in [-0.15, -0.1) is 11.3 Å². The second kappa shape index (κ2) is 14.0. The van der Waals surface area contributed by atoms with Crippen LogP contribution >= 0.6 is 34.5 Å². The largest absolute Gasteiger partial charge is 0.469 e. The van der Waals surface area contributed by atoms with Crippen molar-refractivity contribution in [3.63, 3.8) is 0 Å². The molecule has 12 heteroatoms. The number of esters is 1. The third-order valence-corrected chi connectivity index (χ3v) is 8.94. The Morgan fingerprint density at radius 1 is 1.10 bits per heavy atom. The topological polar surface area (TPSA) is 105 Å². The van der Waals surface area contributed by atoms with Crippen LogP contribution in [0, 0.1) is 5.92 Å². The van der Waals surface area contributed by atoms with Crippen LogP contribution in [0.2, 0.25) is 10.0 Å². The van der Waals surface area contributed by atoms with Crippen LogP contribution < -0.4 is 10.1 Å². The number of ether oxygens (including phenoxy) is 2.